The van der Waals surface area contributed by atoms with Crippen molar-refractivity contribution in [2.75, 3.05) is 5.75 Å². The average molecular weight is 403 g/mol. The zero-order chi connectivity index (χ0) is 20.0. The van der Waals surface area contributed by atoms with E-state index < -0.39 is 0 Å². The maximum absolute atomic E-state index is 5.16. The second kappa shape index (κ2) is 7.38. The van der Waals surface area contributed by atoms with Crippen LogP contribution >= 0.6 is 11.8 Å². The first-order valence-electron chi connectivity index (χ1n) is 10.3. The minimum absolute atomic E-state index is 0.0396. The van der Waals surface area contributed by atoms with E-state index in [2.05, 4.69) is 83.8 Å². The summed E-state index contributed by atoms with van der Waals surface area (Å²) in [6, 6.07) is 19.9. The van der Waals surface area contributed by atoms with Gasteiger partial charge in [-0.2, -0.15) is 0 Å². The van der Waals surface area contributed by atoms with Crippen molar-refractivity contribution in [2.45, 2.75) is 45.3 Å². The number of pyridine rings is 1. The Morgan fingerprint density at radius 2 is 1.86 bits per heavy atom. The van der Waals surface area contributed by atoms with E-state index in [1.807, 2.05) is 24.0 Å². The normalized spacial score (nSPS) is 23.3. The number of hydrogen-bond acceptors (Lipinski definition) is 4. The first kappa shape index (κ1) is 18.5. The van der Waals surface area contributed by atoms with Crippen LogP contribution in [0.1, 0.15) is 48.1 Å². The van der Waals surface area contributed by atoms with Crippen LogP contribution in [0.4, 0.5) is 0 Å². The predicted molar refractivity (Wildman–Crippen MR) is 121 cm³/mol. The van der Waals surface area contributed by atoms with Crippen LogP contribution < -0.4 is 0 Å². The van der Waals surface area contributed by atoms with Crippen LogP contribution in [0.5, 0.6) is 0 Å². The average Bonchev–Trinajstić information content (AvgIpc) is 3.40. The molecule has 4 nitrogen and oxygen atoms in total. The van der Waals surface area contributed by atoms with Crippen molar-refractivity contribution in [1.82, 2.24) is 14.5 Å². The Balaban J connectivity index is 1.64. The third kappa shape index (κ3) is 2.99. The number of hydrogen-bond donors (Lipinski definition) is 0. The Labute approximate surface area is 176 Å². The topological polar surface area (TPSA) is 33.4 Å². The van der Waals surface area contributed by atoms with Crippen LogP contribution in [0.15, 0.2) is 65.8 Å². The molecule has 2 aromatic heterocycles. The summed E-state index contributed by atoms with van der Waals surface area (Å²) in [5.41, 5.74) is 6.19. The molecule has 5 heteroatoms. The maximum Gasteiger partial charge on any atom is 0.160 e. The summed E-state index contributed by atoms with van der Waals surface area (Å²) in [5.74, 6) is 1.12. The highest BCUT2D eigenvalue weighted by Gasteiger charge is 2.46. The van der Waals surface area contributed by atoms with Gasteiger partial charge in [0, 0.05) is 35.1 Å². The van der Waals surface area contributed by atoms with Crippen LogP contribution in [0, 0.1) is 13.8 Å². The molecule has 148 valence electrons. The summed E-state index contributed by atoms with van der Waals surface area (Å²) in [6.07, 6.45) is 3.02. The van der Waals surface area contributed by atoms with E-state index in [0.29, 0.717) is 6.04 Å². The Kier molecular flexibility index (Phi) is 4.70. The monoisotopic (exact) mass is 402 g/mol. The molecule has 0 spiro atoms. The van der Waals surface area contributed by atoms with Gasteiger partial charge in [-0.15, -0.1) is 0 Å². The number of aromatic nitrogens is 2. The van der Waals surface area contributed by atoms with Gasteiger partial charge in [-0.25, -0.2) is 0 Å². The molecule has 0 saturated carbocycles. The molecule has 0 unspecified atom stereocenters. The van der Waals surface area contributed by atoms with Gasteiger partial charge in [0.25, 0.3) is 0 Å². The van der Waals surface area contributed by atoms with Gasteiger partial charge in [0.2, 0.25) is 0 Å². The Hall–Kier alpha value is -2.53. The largest absolute Gasteiger partial charge is 0.338 e. The van der Waals surface area contributed by atoms with Crippen molar-refractivity contribution < 1.29 is 0 Å². The van der Waals surface area contributed by atoms with E-state index in [4.69, 9.17) is 4.99 Å². The quantitative estimate of drug-likeness (QED) is 0.580. The summed E-state index contributed by atoms with van der Waals surface area (Å²) in [6.45, 7) is 6.73. The Bertz CT molecular complexity index is 1040. The smallest absolute Gasteiger partial charge is 0.160 e. The number of para-hydroxylation sites is 1. The number of rotatable bonds is 4. The van der Waals surface area contributed by atoms with Gasteiger partial charge < -0.3 is 9.47 Å². The number of amidine groups is 1. The van der Waals surface area contributed by atoms with Gasteiger partial charge in [-0.1, -0.05) is 43.0 Å². The lowest BCUT2D eigenvalue weighted by Crippen LogP contribution is -2.35. The summed E-state index contributed by atoms with van der Waals surface area (Å²) >= 11 is 1.90. The molecule has 0 aliphatic carbocycles. The van der Waals surface area contributed by atoms with Crippen molar-refractivity contribution in [1.29, 1.82) is 0 Å². The standard InChI is InChI=1S/C24H26N4S/c1-4-18-15-29-24-26-22(21-12-8-9-13-25-21)23(28(18)24)20-14-16(2)27(17(20)3)19-10-6-5-7-11-19/h5-14,18,22-23H,4,15H2,1-3H3/t18-,22-,23+/m0/s1. The second-order valence-electron chi connectivity index (χ2n) is 7.83. The van der Waals surface area contributed by atoms with Crippen LogP contribution in [-0.2, 0) is 0 Å². The molecule has 0 bridgehead atoms. The molecule has 1 aromatic carbocycles. The fourth-order valence-corrected chi connectivity index (χ4v) is 6.09. The number of thioether (sulfide) groups is 1. The van der Waals surface area contributed by atoms with E-state index in [0.717, 1.165) is 17.9 Å². The van der Waals surface area contributed by atoms with Crippen LogP contribution in [-0.4, -0.2) is 31.4 Å². The van der Waals surface area contributed by atoms with E-state index >= 15 is 0 Å². The molecule has 3 atom stereocenters. The first-order valence-corrected chi connectivity index (χ1v) is 11.3. The molecule has 4 heterocycles. The Morgan fingerprint density at radius 3 is 2.59 bits per heavy atom. The SMILES string of the molecule is CC[C@H]1CSC2=N[C@@H](c3ccccn3)[C@@H](c3cc(C)n(-c4ccccc4)c3C)N21. The Morgan fingerprint density at radius 1 is 1.07 bits per heavy atom. The summed E-state index contributed by atoms with van der Waals surface area (Å²) < 4.78 is 2.37. The lowest BCUT2D eigenvalue weighted by atomic mass is 9.95. The van der Waals surface area contributed by atoms with Gasteiger partial charge in [0.05, 0.1) is 11.7 Å². The van der Waals surface area contributed by atoms with E-state index in [1.54, 1.807) is 0 Å². The minimum Gasteiger partial charge on any atom is -0.338 e. The third-order valence-corrected chi connectivity index (χ3v) is 7.26. The van der Waals surface area contributed by atoms with Crippen molar-refractivity contribution in [3.05, 3.63) is 83.4 Å². The zero-order valence-corrected chi connectivity index (χ0v) is 17.9. The van der Waals surface area contributed by atoms with Gasteiger partial charge in [0.15, 0.2) is 5.17 Å². The van der Waals surface area contributed by atoms with Crippen LogP contribution in [0.2, 0.25) is 0 Å². The molecular weight excluding hydrogens is 376 g/mol. The number of aryl methyl sites for hydroxylation is 1. The number of fused-ring (bicyclic) bond motifs is 1. The molecule has 1 saturated heterocycles. The first-order chi connectivity index (χ1) is 14.2. The second-order valence-corrected chi connectivity index (χ2v) is 8.82. The fraction of sp³-hybridized carbons (Fsp3) is 0.333. The van der Waals surface area contributed by atoms with E-state index in [1.165, 1.54) is 27.8 Å². The highest BCUT2D eigenvalue weighted by atomic mass is 32.2. The molecule has 2 aliphatic heterocycles. The molecule has 2 aliphatic rings. The maximum atomic E-state index is 5.16. The van der Waals surface area contributed by atoms with E-state index in [9.17, 15) is 0 Å². The van der Waals surface area contributed by atoms with Gasteiger partial charge in [-0.05, 0) is 56.2 Å². The highest BCUT2D eigenvalue weighted by molar-refractivity contribution is 8.14. The van der Waals surface area contributed by atoms with Crippen molar-refractivity contribution in [3.8, 4) is 5.69 Å². The summed E-state index contributed by atoms with van der Waals surface area (Å²) in [5, 5.41) is 1.18. The fourth-order valence-electron chi connectivity index (χ4n) is 4.75. The number of benzene rings is 1. The lowest BCUT2D eigenvalue weighted by molar-refractivity contribution is 0.254. The van der Waals surface area contributed by atoms with Crippen molar-refractivity contribution in [2.24, 2.45) is 4.99 Å². The van der Waals surface area contributed by atoms with Crippen LogP contribution in [0.3, 0.4) is 0 Å². The van der Waals surface area contributed by atoms with Crippen molar-refractivity contribution >= 4 is 16.9 Å². The molecule has 0 amide bonds. The molecule has 3 aromatic rings. The van der Waals surface area contributed by atoms with E-state index in [-0.39, 0.29) is 12.1 Å². The third-order valence-electron chi connectivity index (χ3n) is 6.13. The van der Waals surface area contributed by atoms with Gasteiger partial charge in [0.1, 0.15) is 6.04 Å². The molecule has 0 radical (unpaired) electrons. The minimum atomic E-state index is 0.0396. The molecule has 29 heavy (non-hydrogen) atoms. The van der Waals surface area contributed by atoms with Gasteiger partial charge in [-0.3, -0.25) is 9.98 Å². The predicted octanol–water partition coefficient (Wildman–Crippen LogP) is 5.47. The number of aliphatic imine (C=N–C) groups is 1. The van der Waals surface area contributed by atoms with Crippen LogP contribution in [0.25, 0.3) is 5.69 Å². The molecule has 5 rings (SSSR count). The molecular formula is C24H26N4S. The van der Waals surface area contributed by atoms with Crippen molar-refractivity contribution in [3.63, 3.8) is 0 Å². The molecule has 0 N–H and O–H groups in total. The summed E-state index contributed by atoms with van der Waals surface area (Å²) in [7, 11) is 0. The molecule has 1 fully saturated rings. The highest BCUT2D eigenvalue weighted by Crippen LogP contribution is 2.49. The lowest BCUT2D eigenvalue weighted by Gasteiger charge is -2.32. The zero-order valence-electron chi connectivity index (χ0n) is 17.1. The number of nitrogens with zero attached hydrogens (tertiary/aromatic N) is 4. The van der Waals surface area contributed by atoms with Gasteiger partial charge >= 0.3 is 0 Å². The summed E-state index contributed by atoms with van der Waals surface area (Å²) in [4.78, 5) is 12.4.